The fourth-order valence-electron chi connectivity index (χ4n) is 3.05. The molecule has 0 bridgehead atoms. The fourth-order valence-corrected chi connectivity index (χ4v) is 3.05. The molecule has 1 aliphatic heterocycles. The Morgan fingerprint density at radius 2 is 2.15 bits per heavy atom. The van der Waals surface area contributed by atoms with Crippen molar-refractivity contribution in [1.29, 1.82) is 5.26 Å². The van der Waals surface area contributed by atoms with E-state index in [4.69, 9.17) is 10.00 Å². The van der Waals surface area contributed by atoms with Gasteiger partial charge >= 0.3 is 0 Å². The van der Waals surface area contributed by atoms with Crippen molar-refractivity contribution < 1.29 is 9.53 Å². The highest BCUT2D eigenvalue weighted by Crippen LogP contribution is 2.23. The van der Waals surface area contributed by atoms with Crippen LogP contribution in [0.4, 0.5) is 0 Å². The summed E-state index contributed by atoms with van der Waals surface area (Å²) in [5, 5.41) is 8.87. The third-order valence-corrected chi connectivity index (χ3v) is 4.63. The Kier molecular flexibility index (Phi) is 5.49. The van der Waals surface area contributed by atoms with E-state index in [2.05, 4.69) is 17.1 Å². The summed E-state index contributed by atoms with van der Waals surface area (Å²) in [5.74, 6) is 0.792. The van der Waals surface area contributed by atoms with E-state index in [1.165, 1.54) is 5.57 Å². The average Bonchev–Trinajstić information content (AvgIpc) is 3.12. The third kappa shape index (κ3) is 4.01. The molecule has 6 heteroatoms. The minimum atomic E-state index is -0.228. The Hall–Kier alpha value is -2.91. The first-order valence-electron chi connectivity index (χ1n) is 8.64. The SMILES string of the molecule is CC(OCC(=O)N1CC=C(c2ccc(C#N)cc2)CC1)c1nccn1C. The molecule has 0 saturated heterocycles. The van der Waals surface area contributed by atoms with Crippen LogP contribution < -0.4 is 0 Å². The van der Waals surface area contributed by atoms with Gasteiger partial charge in [0.25, 0.3) is 0 Å². The van der Waals surface area contributed by atoms with Crippen LogP contribution in [0.1, 0.15) is 36.4 Å². The number of aryl methyl sites for hydroxylation is 1. The summed E-state index contributed by atoms with van der Waals surface area (Å²) in [6.07, 6.45) is 6.22. The number of carbonyl (C=O) groups is 1. The number of carbonyl (C=O) groups excluding carboxylic acids is 1. The van der Waals surface area contributed by atoms with E-state index in [0.29, 0.717) is 18.7 Å². The van der Waals surface area contributed by atoms with Crippen molar-refractivity contribution in [3.63, 3.8) is 0 Å². The first-order valence-corrected chi connectivity index (χ1v) is 8.64. The van der Waals surface area contributed by atoms with Gasteiger partial charge in [0, 0.05) is 32.5 Å². The number of amides is 1. The lowest BCUT2D eigenvalue weighted by molar-refractivity contribution is -0.137. The number of imidazole rings is 1. The van der Waals surface area contributed by atoms with Crippen molar-refractivity contribution in [2.24, 2.45) is 7.05 Å². The van der Waals surface area contributed by atoms with Crippen LogP contribution in [0.2, 0.25) is 0 Å². The van der Waals surface area contributed by atoms with Crippen molar-refractivity contribution in [3.8, 4) is 6.07 Å². The van der Waals surface area contributed by atoms with Crippen molar-refractivity contribution in [1.82, 2.24) is 14.5 Å². The maximum atomic E-state index is 12.4. The molecule has 134 valence electrons. The Bertz CT molecular complexity index is 845. The van der Waals surface area contributed by atoms with Crippen LogP contribution in [-0.4, -0.2) is 40.1 Å². The van der Waals surface area contributed by atoms with Gasteiger partial charge in [-0.05, 0) is 36.6 Å². The van der Waals surface area contributed by atoms with Crippen LogP contribution in [0.25, 0.3) is 5.57 Å². The Morgan fingerprint density at radius 3 is 2.73 bits per heavy atom. The molecule has 1 aliphatic rings. The summed E-state index contributed by atoms with van der Waals surface area (Å²) in [4.78, 5) is 18.4. The van der Waals surface area contributed by atoms with Crippen LogP contribution in [0, 0.1) is 11.3 Å². The zero-order valence-electron chi connectivity index (χ0n) is 15.1. The molecule has 2 aromatic rings. The summed E-state index contributed by atoms with van der Waals surface area (Å²) < 4.78 is 7.58. The molecule has 6 nitrogen and oxygen atoms in total. The molecule has 26 heavy (non-hydrogen) atoms. The van der Waals surface area contributed by atoms with Crippen LogP contribution in [0.5, 0.6) is 0 Å². The van der Waals surface area contributed by atoms with Crippen LogP contribution in [0.15, 0.2) is 42.7 Å². The highest BCUT2D eigenvalue weighted by molar-refractivity contribution is 5.79. The highest BCUT2D eigenvalue weighted by atomic mass is 16.5. The van der Waals surface area contributed by atoms with Gasteiger partial charge in [-0.2, -0.15) is 5.26 Å². The normalized spacial score (nSPS) is 15.3. The summed E-state index contributed by atoms with van der Waals surface area (Å²) >= 11 is 0. The van der Waals surface area contributed by atoms with E-state index >= 15 is 0 Å². The number of hydrogen-bond acceptors (Lipinski definition) is 4. The lowest BCUT2D eigenvalue weighted by Crippen LogP contribution is -2.37. The number of ether oxygens (including phenoxy) is 1. The van der Waals surface area contributed by atoms with Gasteiger partial charge < -0.3 is 14.2 Å². The van der Waals surface area contributed by atoms with Crippen molar-refractivity contribution in [3.05, 3.63) is 59.7 Å². The maximum Gasteiger partial charge on any atom is 0.248 e. The van der Waals surface area contributed by atoms with E-state index in [0.717, 1.165) is 17.8 Å². The zero-order chi connectivity index (χ0) is 18.5. The standard InChI is InChI=1S/C20H22N4O2/c1-15(20-22-9-12-23(20)2)26-14-19(25)24-10-7-18(8-11-24)17-5-3-16(13-21)4-6-17/h3-7,9,12,15H,8,10-11,14H2,1-2H3. The zero-order valence-corrected chi connectivity index (χ0v) is 15.1. The van der Waals surface area contributed by atoms with Gasteiger partial charge in [-0.1, -0.05) is 18.2 Å². The average molecular weight is 350 g/mol. The van der Waals surface area contributed by atoms with Gasteiger partial charge in [-0.15, -0.1) is 0 Å². The minimum absolute atomic E-state index is 0.0128. The van der Waals surface area contributed by atoms with Gasteiger partial charge in [0.1, 0.15) is 18.5 Å². The summed E-state index contributed by atoms with van der Waals surface area (Å²) in [7, 11) is 1.91. The quantitative estimate of drug-likeness (QED) is 0.831. The molecule has 1 unspecified atom stereocenters. The minimum Gasteiger partial charge on any atom is -0.361 e. The van der Waals surface area contributed by atoms with Gasteiger partial charge in [-0.3, -0.25) is 4.79 Å². The molecule has 2 heterocycles. The molecule has 0 N–H and O–H groups in total. The fraction of sp³-hybridized carbons (Fsp3) is 0.350. The maximum absolute atomic E-state index is 12.4. The first-order chi connectivity index (χ1) is 12.6. The Labute approximate surface area is 153 Å². The summed E-state index contributed by atoms with van der Waals surface area (Å²) in [6.45, 7) is 3.20. The highest BCUT2D eigenvalue weighted by Gasteiger charge is 2.20. The largest absolute Gasteiger partial charge is 0.361 e. The van der Waals surface area contributed by atoms with E-state index in [1.807, 2.05) is 49.0 Å². The molecule has 1 aromatic carbocycles. The lowest BCUT2D eigenvalue weighted by atomic mass is 9.98. The molecular formula is C20H22N4O2. The number of benzene rings is 1. The molecule has 0 fully saturated rings. The first kappa shape index (κ1) is 17.9. The molecular weight excluding hydrogens is 328 g/mol. The Morgan fingerprint density at radius 1 is 1.38 bits per heavy atom. The van der Waals surface area contributed by atoms with Crippen molar-refractivity contribution in [2.75, 3.05) is 19.7 Å². The summed E-state index contributed by atoms with van der Waals surface area (Å²) in [5.41, 5.74) is 2.97. The lowest BCUT2D eigenvalue weighted by Gasteiger charge is -2.27. The third-order valence-electron chi connectivity index (χ3n) is 4.63. The topological polar surface area (TPSA) is 71.2 Å². The molecule has 0 radical (unpaired) electrons. The molecule has 1 atom stereocenters. The molecule has 1 amide bonds. The van der Waals surface area contributed by atoms with Crippen LogP contribution >= 0.6 is 0 Å². The summed E-state index contributed by atoms with van der Waals surface area (Å²) in [6, 6.07) is 9.68. The van der Waals surface area contributed by atoms with Crippen molar-refractivity contribution in [2.45, 2.75) is 19.4 Å². The second-order valence-corrected chi connectivity index (χ2v) is 6.36. The van der Waals surface area contributed by atoms with Crippen molar-refractivity contribution >= 4 is 11.5 Å². The van der Waals surface area contributed by atoms with Gasteiger partial charge in [0.15, 0.2) is 0 Å². The number of aromatic nitrogens is 2. The second-order valence-electron chi connectivity index (χ2n) is 6.36. The number of rotatable bonds is 5. The monoisotopic (exact) mass is 350 g/mol. The second kappa shape index (κ2) is 7.98. The molecule has 3 rings (SSSR count). The van der Waals surface area contributed by atoms with Crippen LogP contribution in [-0.2, 0) is 16.6 Å². The predicted octanol–water partition coefficient (Wildman–Crippen LogP) is 2.69. The predicted molar refractivity (Wildman–Crippen MR) is 97.9 cm³/mol. The molecule has 0 saturated carbocycles. The molecule has 1 aromatic heterocycles. The molecule has 0 aliphatic carbocycles. The van der Waals surface area contributed by atoms with Gasteiger partial charge in [0.05, 0.1) is 11.6 Å². The number of nitriles is 1. The van der Waals surface area contributed by atoms with E-state index < -0.39 is 0 Å². The smallest absolute Gasteiger partial charge is 0.248 e. The Balaban J connectivity index is 1.53. The van der Waals surface area contributed by atoms with Gasteiger partial charge in [0.2, 0.25) is 5.91 Å². The van der Waals surface area contributed by atoms with E-state index in [1.54, 1.807) is 11.1 Å². The number of nitrogens with zero attached hydrogens (tertiary/aromatic N) is 4. The number of hydrogen-bond donors (Lipinski definition) is 0. The molecule has 0 spiro atoms. The van der Waals surface area contributed by atoms with Gasteiger partial charge in [-0.25, -0.2) is 4.98 Å². The van der Waals surface area contributed by atoms with E-state index in [-0.39, 0.29) is 18.6 Å². The van der Waals surface area contributed by atoms with Crippen LogP contribution in [0.3, 0.4) is 0 Å². The van der Waals surface area contributed by atoms with E-state index in [9.17, 15) is 4.79 Å².